The van der Waals surface area contributed by atoms with E-state index < -0.39 is 23.5 Å². The van der Waals surface area contributed by atoms with Crippen molar-refractivity contribution in [3.8, 4) is 5.75 Å². The molecule has 2 N–H and O–H groups in total. The molecule has 1 unspecified atom stereocenters. The van der Waals surface area contributed by atoms with Gasteiger partial charge in [0.15, 0.2) is 11.5 Å². The van der Waals surface area contributed by atoms with E-state index in [1.54, 1.807) is 30.3 Å². The van der Waals surface area contributed by atoms with Crippen molar-refractivity contribution in [2.75, 3.05) is 22.9 Å². The van der Waals surface area contributed by atoms with Crippen LogP contribution in [0.5, 0.6) is 5.75 Å². The largest absolute Gasteiger partial charge is 0.506 e. The third-order valence-electron chi connectivity index (χ3n) is 6.88. The number of rotatable bonds is 7. The maximum absolute atomic E-state index is 13.9. The summed E-state index contributed by atoms with van der Waals surface area (Å²) in [6.45, 7) is 7.63. The minimum Gasteiger partial charge on any atom is -0.506 e. The van der Waals surface area contributed by atoms with Crippen LogP contribution in [0.3, 0.4) is 0 Å². The molecule has 0 saturated heterocycles. The second kappa shape index (κ2) is 10.0. The number of ketones is 1. The highest BCUT2D eigenvalue weighted by atomic mass is 79.9. The van der Waals surface area contributed by atoms with Crippen LogP contribution in [-0.4, -0.2) is 35.0 Å². The Bertz CT molecular complexity index is 1580. The third kappa shape index (κ3) is 4.35. The van der Waals surface area contributed by atoms with Gasteiger partial charge in [0.05, 0.1) is 17.3 Å². The van der Waals surface area contributed by atoms with Gasteiger partial charge in [-0.2, -0.15) is 0 Å². The van der Waals surface area contributed by atoms with Gasteiger partial charge in [0.25, 0.3) is 5.91 Å². The molecular weight excluding hydrogens is 548 g/mol. The first-order valence-corrected chi connectivity index (χ1v) is 13.2. The van der Waals surface area contributed by atoms with Crippen LogP contribution >= 0.6 is 15.9 Å². The smallest absolute Gasteiger partial charge is 0.294 e. The van der Waals surface area contributed by atoms with E-state index in [0.717, 1.165) is 28.8 Å². The fourth-order valence-electron chi connectivity index (χ4n) is 4.94. The minimum atomic E-state index is -0.978. The van der Waals surface area contributed by atoms with Crippen LogP contribution in [-0.2, 0) is 4.79 Å². The maximum Gasteiger partial charge on any atom is 0.294 e. The van der Waals surface area contributed by atoms with E-state index in [2.05, 4.69) is 34.7 Å². The number of aromatic hydroxyl groups is 1. The third-order valence-corrected chi connectivity index (χ3v) is 7.38. The summed E-state index contributed by atoms with van der Waals surface area (Å²) < 4.78 is 6.66. The lowest BCUT2D eigenvalue weighted by Gasteiger charge is -2.28. The fraction of sp³-hybridized carbons (Fsp3) is 0.200. The Kier molecular flexibility index (Phi) is 6.75. The highest BCUT2D eigenvalue weighted by molar-refractivity contribution is 9.10. The Hall–Kier alpha value is -4.04. The number of halogens is 1. The van der Waals surface area contributed by atoms with Crippen molar-refractivity contribution in [2.45, 2.75) is 26.8 Å². The Labute approximate surface area is 228 Å². The van der Waals surface area contributed by atoms with Gasteiger partial charge in [0.1, 0.15) is 11.3 Å². The molecule has 3 aromatic carbocycles. The van der Waals surface area contributed by atoms with Crippen molar-refractivity contribution in [3.63, 3.8) is 0 Å². The summed E-state index contributed by atoms with van der Waals surface area (Å²) in [5, 5.41) is 22.5. The molecule has 0 saturated carbocycles. The number of aliphatic hydroxyl groups excluding tert-OH is 1. The molecule has 7 nitrogen and oxygen atoms in total. The second-order valence-electron chi connectivity index (χ2n) is 9.22. The molecule has 4 aromatic rings. The number of anilines is 2. The van der Waals surface area contributed by atoms with Crippen molar-refractivity contribution >= 4 is 50.0 Å². The molecule has 38 heavy (non-hydrogen) atoms. The zero-order valence-corrected chi connectivity index (χ0v) is 22.8. The number of aliphatic hydroxyl groups is 1. The normalized spacial score (nSPS) is 15.5. The molecule has 2 heterocycles. The van der Waals surface area contributed by atoms with Crippen LogP contribution in [0.15, 0.2) is 87.0 Å². The Morgan fingerprint density at radius 2 is 1.71 bits per heavy atom. The standard InChI is InChI=1S/C30H27BrN2O5/c1-4-32(5-2)21-10-7-18(8-11-21)27-26(28(35)25-16-19-15-20(31)9-13-24(19)38-25)29(36)30(37)33(27)22-14-17(3)6-12-23(22)34/h6-16,27,34,36H,4-5H2,1-3H3. The molecule has 5 rings (SSSR count). The van der Waals surface area contributed by atoms with Gasteiger partial charge in [-0.05, 0) is 80.4 Å². The van der Waals surface area contributed by atoms with E-state index in [9.17, 15) is 19.8 Å². The minimum absolute atomic E-state index is 0.00697. The van der Waals surface area contributed by atoms with Crippen molar-refractivity contribution in [3.05, 3.63) is 99.4 Å². The molecule has 1 atom stereocenters. The molecule has 1 amide bonds. The molecule has 1 aliphatic heterocycles. The number of hydrogen-bond donors (Lipinski definition) is 2. The van der Waals surface area contributed by atoms with Crippen LogP contribution in [0.25, 0.3) is 11.0 Å². The Morgan fingerprint density at radius 3 is 2.39 bits per heavy atom. The van der Waals surface area contributed by atoms with Gasteiger partial charge < -0.3 is 19.5 Å². The molecule has 0 fully saturated rings. The monoisotopic (exact) mass is 574 g/mol. The van der Waals surface area contributed by atoms with Gasteiger partial charge in [-0.1, -0.05) is 34.1 Å². The van der Waals surface area contributed by atoms with E-state index in [-0.39, 0.29) is 22.8 Å². The molecule has 1 aliphatic rings. The van der Waals surface area contributed by atoms with E-state index in [1.807, 2.05) is 37.3 Å². The number of Topliss-reactive ketones (excluding diaryl/α,β-unsaturated/α-hetero) is 1. The number of hydrogen-bond acceptors (Lipinski definition) is 6. The lowest BCUT2D eigenvalue weighted by molar-refractivity contribution is -0.117. The average molecular weight is 575 g/mol. The summed E-state index contributed by atoms with van der Waals surface area (Å²) in [5.74, 6) is -2.17. The van der Waals surface area contributed by atoms with E-state index in [0.29, 0.717) is 16.5 Å². The van der Waals surface area contributed by atoms with E-state index >= 15 is 0 Å². The SMILES string of the molecule is CCN(CC)c1ccc(C2C(C(=O)c3cc4cc(Br)ccc4o3)=C(O)C(=O)N2c2cc(C)ccc2O)cc1. The van der Waals surface area contributed by atoms with Gasteiger partial charge in [0, 0.05) is 28.6 Å². The van der Waals surface area contributed by atoms with Crippen molar-refractivity contribution < 1.29 is 24.2 Å². The number of phenolic OH excluding ortho intramolecular Hbond substituents is 1. The summed E-state index contributed by atoms with van der Waals surface area (Å²) >= 11 is 3.42. The number of nitrogens with zero attached hydrogens (tertiary/aromatic N) is 2. The topological polar surface area (TPSA) is 94.2 Å². The van der Waals surface area contributed by atoms with Gasteiger partial charge >= 0.3 is 0 Å². The first-order chi connectivity index (χ1) is 18.2. The van der Waals surface area contributed by atoms with Gasteiger partial charge in [-0.15, -0.1) is 0 Å². The highest BCUT2D eigenvalue weighted by Gasteiger charge is 2.46. The number of amides is 1. The summed E-state index contributed by atoms with van der Waals surface area (Å²) in [5.41, 5.74) is 3.02. The summed E-state index contributed by atoms with van der Waals surface area (Å²) in [4.78, 5) is 30.8. The first-order valence-electron chi connectivity index (χ1n) is 12.4. The number of phenols is 1. The number of aryl methyl sites for hydroxylation is 1. The lowest BCUT2D eigenvalue weighted by Crippen LogP contribution is -2.31. The summed E-state index contributed by atoms with van der Waals surface area (Å²) in [7, 11) is 0. The number of furan rings is 1. The van der Waals surface area contributed by atoms with E-state index in [4.69, 9.17) is 4.42 Å². The summed E-state index contributed by atoms with van der Waals surface area (Å²) in [6, 6.07) is 18.4. The molecule has 0 spiro atoms. The van der Waals surface area contributed by atoms with Crippen molar-refractivity contribution in [2.24, 2.45) is 0 Å². The zero-order chi connectivity index (χ0) is 27.1. The van der Waals surface area contributed by atoms with Crippen LogP contribution in [0.2, 0.25) is 0 Å². The van der Waals surface area contributed by atoms with Crippen LogP contribution in [0.4, 0.5) is 11.4 Å². The van der Waals surface area contributed by atoms with Gasteiger partial charge in [-0.3, -0.25) is 14.5 Å². The molecule has 0 bridgehead atoms. The Balaban J connectivity index is 1.66. The quantitative estimate of drug-likeness (QED) is 0.235. The molecule has 1 aromatic heterocycles. The first kappa shape index (κ1) is 25.6. The predicted octanol–water partition coefficient (Wildman–Crippen LogP) is 6.84. The zero-order valence-electron chi connectivity index (χ0n) is 21.2. The van der Waals surface area contributed by atoms with Gasteiger partial charge in [0.2, 0.25) is 5.78 Å². The average Bonchev–Trinajstić information content (AvgIpc) is 3.44. The number of benzene rings is 3. The molecule has 8 heteroatoms. The number of carbonyl (C=O) groups is 2. The van der Waals surface area contributed by atoms with Crippen molar-refractivity contribution in [1.29, 1.82) is 0 Å². The Morgan fingerprint density at radius 1 is 1.00 bits per heavy atom. The molecule has 194 valence electrons. The predicted molar refractivity (Wildman–Crippen MR) is 151 cm³/mol. The number of fused-ring (bicyclic) bond motifs is 1. The van der Waals surface area contributed by atoms with Crippen LogP contribution in [0.1, 0.15) is 41.6 Å². The second-order valence-corrected chi connectivity index (χ2v) is 10.1. The summed E-state index contributed by atoms with van der Waals surface area (Å²) in [6.07, 6.45) is 0. The number of carbonyl (C=O) groups excluding carboxylic acids is 2. The van der Waals surface area contributed by atoms with Crippen LogP contribution in [0, 0.1) is 6.92 Å². The van der Waals surface area contributed by atoms with Crippen LogP contribution < -0.4 is 9.80 Å². The maximum atomic E-state index is 13.9. The molecule has 0 aliphatic carbocycles. The molecule has 0 radical (unpaired) electrons. The van der Waals surface area contributed by atoms with E-state index in [1.165, 1.54) is 11.0 Å². The fourth-order valence-corrected chi connectivity index (χ4v) is 5.32. The highest BCUT2D eigenvalue weighted by Crippen LogP contribution is 2.45. The lowest BCUT2D eigenvalue weighted by atomic mass is 9.94. The molecular formula is C30H27BrN2O5. The van der Waals surface area contributed by atoms with Crippen molar-refractivity contribution in [1.82, 2.24) is 0 Å². The van der Waals surface area contributed by atoms with Gasteiger partial charge in [-0.25, -0.2) is 0 Å².